The van der Waals surface area contributed by atoms with E-state index in [2.05, 4.69) is 24.8 Å². The summed E-state index contributed by atoms with van der Waals surface area (Å²) in [6.07, 6.45) is 1.91. The number of hydrogen-bond acceptors (Lipinski definition) is 5. The summed E-state index contributed by atoms with van der Waals surface area (Å²) in [5.41, 5.74) is 3.02. The number of rotatable bonds is 6. The molecule has 0 N–H and O–H groups in total. The number of carbonyl (C=O) groups excluding carboxylic acids is 1. The zero-order valence-electron chi connectivity index (χ0n) is 18.8. The maximum Gasteiger partial charge on any atom is 0.263 e. The standard InChI is InChI=1S/C24H30N4O2S/c1-5-26(6-2)14-20-25-23-22(16(3)17(4)31-23)24(30)28(20)15-21(29)27-13-9-11-18-10-7-8-12-19(18)27/h7-8,10,12H,5-6,9,11,13-15H2,1-4H3. The minimum atomic E-state index is -0.104. The number of carbonyl (C=O) groups is 1. The van der Waals surface area contributed by atoms with Crippen LogP contribution in [0.2, 0.25) is 0 Å². The van der Waals surface area contributed by atoms with Gasteiger partial charge in [0.1, 0.15) is 17.2 Å². The van der Waals surface area contributed by atoms with Crippen LogP contribution in [0.4, 0.5) is 5.69 Å². The van der Waals surface area contributed by atoms with Crippen molar-refractivity contribution in [2.24, 2.45) is 0 Å². The molecule has 1 aliphatic rings. The molecule has 0 fully saturated rings. The van der Waals surface area contributed by atoms with Gasteiger partial charge in [0, 0.05) is 17.1 Å². The average Bonchev–Trinajstić information content (AvgIpc) is 3.07. The Labute approximate surface area is 187 Å². The van der Waals surface area contributed by atoms with Crippen LogP contribution in [0.5, 0.6) is 0 Å². The Balaban J connectivity index is 1.77. The van der Waals surface area contributed by atoms with E-state index in [1.165, 1.54) is 5.56 Å². The maximum atomic E-state index is 13.5. The Kier molecular flexibility index (Phi) is 6.25. The summed E-state index contributed by atoms with van der Waals surface area (Å²) < 4.78 is 1.61. The molecule has 0 unspecified atom stereocenters. The third-order valence-electron chi connectivity index (χ3n) is 6.33. The van der Waals surface area contributed by atoms with E-state index in [9.17, 15) is 9.59 Å². The lowest BCUT2D eigenvalue weighted by atomic mass is 10.0. The minimum Gasteiger partial charge on any atom is -0.311 e. The zero-order valence-corrected chi connectivity index (χ0v) is 19.6. The molecule has 7 heteroatoms. The molecule has 3 aromatic rings. The lowest BCUT2D eigenvalue weighted by molar-refractivity contribution is -0.119. The molecule has 1 aromatic carbocycles. The number of anilines is 1. The fraction of sp³-hybridized carbons (Fsp3) is 0.458. The number of para-hydroxylation sites is 1. The van der Waals surface area contributed by atoms with E-state index < -0.39 is 0 Å². The van der Waals surface area contributed by atoms with Gasteiger partial charge in [0.05, 0.1) is 11.9 Å². The Morgan fingerprint density at radius 1 is 1.19 bits per heavy atom. The lowest BCUT2D eigenvalue weighted by Crippen LogP contribution is -2.41. The van der Waals surface area contributed by atoms with Gasteiger partial charge >= 0.3 is 0 Å². The second kappa shape index (κ2) is 8.93. The SMILES string of the molecule is CCN(CC)Cc1nc2sc(C)c(C)c2c(=O)n1CC(=O)N1CCCc2ccccc21. The van der Waals surface area contributed by atoms with Crippen molar-refractivity contribution in [1.29, 1.82) is 0 Å². The predicted octanol–water partition coefficient (Wildman–Crippen LogP) is 3.90. The van der Waals surface area contributed by atoms with Gasteiger partial charge in [0.15, 0.2) is 0 Å². The molecule has 4 rings (SSSR count). The normalized spacial score (nSPS) is 13.8. The first-order valence-corrected chi connectivity index (χ1v) is 11.9. The first-order valence-electron chi connectivity index (χ1n) is 11.0. The molecule has 3 heterocycles. The average molecular weight is 439 g/mol. The van der Waals surface area contributed by atoms with Gasteiger partial charge < -0.3 is 4.90 Å². The van der Waals surface area contributed by atoms with E-state index in [0.29, 0.717) is 24.3 Å². The maximum absolute atomic E-state index is 13.5. The van der Waals surface area contributed by atoms with Crippen LogP contribution < -0.4 is 10.5 Å². The van der Waals surface area contributed by atoms with Gasteiger partial charge in [0.25, 0.3) is 5.56 Å². The van der Waals surface area contributed by atoms with Gasteiger partial charge in [-0.2, -0.15) is 0 Å². The van der Waals surface area contributed by atoms with E-state index in [4.69, 9.17) is 4.98 Å². The Morgan fingerprint density at radius 2 is 1.94 bits per heavy atom. The monoisotopic (exact) mass is 438 g/mol. The molecule has 31 heavy (non-hydrogen) atoms. The lowest BCUT2D eigenvalue weighted by Gasteiger charge is -2.30. The number of thiophene rings is 1. The third-order valence-corrected chi connectivity index (χ3v) is 7.43. The second-order valence-corrected chi connectivity index (χ2v) is 9.32. The van der Waals surface area contributed by atoms with Crippen LogP contribution in [0.3, 0.4) is 0 Å². The summed E-state index contributed by atoms with van der Waals surface area (Å²) in [6.45, 7) is 11.2. The molecule has 1 amide bonds. The van der Waals surface area contributed by atoms with E-state index in [-0.39, 0.29) is 18.0 Å². The summed E-state index contributed by atoms with van der Waals surface area (Å²) in [6, 6.07) is 8.06. The molecule has 1 aliphatic heterocycles. The van der Waals surface area contributed by atoms with Gasteiger partial charge in [-0.15, -0.1) is 11.3 Å². The van der Waals surface area contributed by atoms with E-state index >= 15 is 0 Å². The van der Waals surface area contributed by atoms with Crippen molar-refractivity contribution in [3.8, 4) is 0 Å². The van der Waals surface area contributed by atoms with Crippen molar-refractivity contribution in [3.05, 3.63) is 56.4 Å². The van der Waals surface area contributed by atoms with E-state index in [1.54, 1.807) is 15.9 Å². The molecule has 6 nitrogen and oxygen atoms in total. The van der Waals surface area contributed by atoms with E-state index in [1.807, 2.05) is 36.9 Å². The van der Waals surface area contributed by atoms with Gasteiger partial charge in [0.2, 0.25) is 5.91 Å². The molecule has 0 aliphatic carbocycles. The van der Waals surface area contributed by atoms with Crippen LogP contribution in [0.15, 0.2) is 29.1 Å². The predicted molar refractivity (Wildman–Crippen MR) is 127 cm³/mol. The molecular formula is C24H30N4O2S. The van der Waals surface area contributed by atoms with Crippen LogP contribution in [0, 0.1) is 13.8 Å². The smallest absolute Gasteiger partial charge is 0.263 e. The van der Waals surface area contributed by atoms with Crippen LogP contribution in [0.1, 0.15) is 42.1 Å². The molecule has 0 saturated carbocycles. The first-order chi connectivity index (χ1) is 14.9. The summed E-state index contributed by atoms with van der Waals surface area (Å²) in [5, 5.41) is 0.651. The van der Waals surface area contributed by atoms with Gasteiger partial charge in [-0.25, -0.2) is 4.98 Å². The Morgan fingerprint density at radius 3 is 2.68 bits per heavy atom. The van der Waals surface area contributed by atoms with Crippen molar-refractivity contribution in [3.63, 3.8) is 0 Å². The van der Waals surface area contributed by atoms with Crippen molar-refractivity contribution in [2.45, 2.75) is 53.6 Å². The fourth-order valence-electron chi connectivity index (χ4n) is 4.31. The van der Waals surface area contributed by atoms with Crippen LogP contribution in [-0.2, 0) is 24.3 Å². The quantitative estimate of drug-likeness (QED) is 0.586. The molecule has 0 saturated heterocycles. The van der Waals surface area contributed by atoms with Crippen LogP contribution in [-0.4, -0.2) is 40.0 Å². The first kappa shape index (κ1) is 21.7. The number of aryl methyl sites for hydroxylation is 3. The highest BCUT2D eigenvalue weighted by atomic mass is 32.1. The van der Waals surface area contributed by atoms with Crippen LogP contribution >= 0.6 is 11.3 Å². The topological polar surface area (TPSA) is 58.4 Å². The number of fused-ring (bicyclic) bond motifs is 2. The largest absolute Gasteiger partial charge is 0.311 e. The summed E-state index contributed by atoms with van der Waals surface area (Å²) in [7, 11) is 0. The van der Waals surface area contributed by atoms with Crippen molar-refractivity contribution >= 4 is 33.1 Å². The summed E-state index contributed by atoms with van der Waals surface area (Å²) >= 11 is 1.56. The minimum absolute atomic E-state index is 0.0149. The highest BCUT2D eigenvalue weighted by Gasteiger charge is 2.25. The molecule has 0 atom stereocenters. The highest BCUT2D eigenvalue weighted by Crippen LogP contribution is 2.28. The highest BCUT2D eigenvalue weighted by molar-refractivity contribution is 7.18. The molecular weight excluding hydrogens is 408 g/mol. The molecule has 2 aromatic heterocycles. The van der Waals surface area contributed by atoms with Crippen LogP contribution in [0.25, 0.3) is 10.2 Å². The Bertz CT molecular complexity index is 1180. The number of amides is 1. The number of hydrogen-bond donors (Lipinski definition) is 0. The number of nitrogens with zero attached hydrogens (tertiary/aromatic N) is 4. The van der Waals surface area contributed by atoms with Crippen molar-refractivity contribution in [2.75, 3.05) is 24.5 Å². The van der Waals surface area contributed by atoms with Gasteiger partial charge in [-0.05, 0) is 57.0 Å². The second-order valence-electron chi connectivity index (χ2n) is 8.12. The number of benzene rings is 1. The molecule has 164 valence electrons. The van der Waals surface area contributed by atoms with Crippen molar-refractivity contribution < 1.29 is 4.79 Å². The van der Waals surface area contributed by atoms with Gasteiger partial charge in [-0.1, -0.05) is 32.0 Å². The zero-order chi connectivity index (χ0) is 22.1. The third kappa shape index (κ3) is 4.04. The fourth-order valence-corrected chi connectivity index (χ4v) is 5.35. The summed E-state index contributed by atoms with van der Waals surface area (Å²) in [5.74, 6) is 0.613. The molecule has 0 bridgehead atoms. The number of aromatic nitrogens is 2. The molecule has 0 radical (unpaired) electrons. The summed E-state index contributed by atoms with van der Waals surface area (Å²) in [4.78, 5) is 37.8. The molecule has 0 spiro atoms. The Hall–Kier alpha value is -2.51. The van der Waals surface area contributed by atoms with E-state index in [0.717, 1.165) is 46.9 Å². The van der Waals surface area contributed by atoms with Gasteiger partial charge in [-0.3, -0.25) is 19.1 Å². The van der Waals surface area contributed by atoms with Crippen molar-refractivity contribution in [1.82, 2.24) is 14.5 Å².